The highest BCUT2D eigenvalue weighted by atomic mass is 16.5. The summed E-state index contributed by atoms with van der Waals surface area (Å²) in [4.78, 5) is 36.9. The molecular weight excluding hydrogens is 522 g/mol. The van der Waals surface area contributed by atoms with Crippen molar-refractivity contribution in [3.05, 3.63) is 88.8 Å². The number of hydrogen-bond acceptors (Lipinski definition) is 7. The Morgan fingerprint density at radius 1 is 1.07 bits per heavy atom. The normalized spacial score (nSPS) is 17.7. The lowest BCUT2D eigenvalue weighted by molar-refractivity contribution is -0.833. The van der Waals surface area contributed by atoms with Gasteiger partial charge in [-0.25, -0.2) is 14.8 Å². The number of para-hydroxylation sites is 1. The van der Waals surface area contributed by atoms with Crippen LogP contribution < -0.4 is 16.2 Å². The van der Waals surface area contributed by atoms with Crippen molar-refractivity contribution >= 4 is 22.9 Å². The van der Waals surface area contributed by atoms with Crippen molar-refractivity contribution in [2.45, 2.75) is 37.8 Å². The minimum Gasteiger partial charge on any atom is -0.633 e. The number of hydroxylamine groups is 3. The maximum absolute atomic E-state index is 13.9. The summed E-state index contributed by atoms with van der Waals surface area (Å²) in [5.41, 5.74) is 7.63. The summed E-state index contributed by atoms with van der Waals surface area (Å²) in [6.07, 6.45) is 7.33. The van der Waals surface area contributed by atoms with E-state index in [0.29, 0.717) is 35.4 Å². The van der Waals surface area contributed by atoms with E-state index in [1.807, 2.05) is 54.6 Å². The Morgan fingerprint density at radius 2 is 1.73 bits per heavy atom. The molecule has 11 nitrogen and oxygen atoms in total. The molecule has 0 aliphatic heterocycles. The number of amides is 1. The SMILES string of the molecule is CN(C(=O)/C=C/C[N+](C)(C)[O-])[C@H]1CC[C@@H](n2c(=O)n(-c3ccc(Oc4ccccc4)cc3)c3c(N)ncnc32)CC1. The monoisotopic (exact) mass is 557 g/mol. The van der Waals surface area contributed by atoms with Crippen molar-refractivity contribution in [3.8, 4) is 17.2 Å². The van der Waals surface area contributed by atoms with Crippen LogP contribution in [-0.2, 0) is 4.79 Å². The van der Waals surface area contributed by atoms with E-state index in [1.54, 1.807) is 27.2 Å². The first-order chi connectivity index (χ1) is 19.6. The number of likely N-dealkylation sites (N-methyl/N-ethyl adjacent to an activating group) is 2. The Bertz CT molecular complexity index is 1600. The number of fused-ring (bicyclic) bond motifs is 1. The molecule has 2 aromatic carbocycles. The number of carbonyl (C=O) groups excluding carboxylic acids is 1. The van der Waals surface area contributed by atoms with Crippen LogP contribution in [0.25, 0.3) is 16.9 Å². The number of nitrogens with zero attached hydrogens (tertiary/aromatic N) is 6. The van der Waals surface area contributed by atoms with Gasteiger partial charge in [0.2, 0.25) is 5.91 Å². The fourth-order valence-electron chi connectivity index (χ4n) is 5.33. The maximum Gasteiger partial charge on any atom is 0.335 e. The van der Waals surface area contributed by atoms with Gasteiger partial charge in [-0.1, -0.05) is 18.2 Å². The minimum atomic E-state index is -0.485. The van der Waals surface area contributed by atoms with Crippen LogP contribution in [0.5, 0.6) is 11.5 Å². The Labute approximate surface area is 238 Å². The van der Waals surface area contributed by atoms with Gasteiger partial charge in [-0.3, -0.25) is 13.9 Å². The van der Waals surface area contributed by atoms with Gasteiger partial charge < -0.3 is 25.2 Å². The average Bonchev–Trinajstić information content (AvgIpc) is 3.26. The molecule has 1 aliphatic rings. The van der Waals surface area contributed by atoms with Gasteiger partial charge in [0.05, 0.1) is 26.3 Å². The number of hydrogen-bond donors (Lipinski definition) is 1. The van der Waals surface area contributed by atoms with E-state index in [-0.39, 0.29) is 36.0 Å². The standard InChI is InChI=1S/C30H35N7O4/c1-34(26(38)10-7-19-37(2,3)40)21-11-13-23(14-12-21)36-29-27(28(31)32-20-33-29)35(30(36)39)22-15-17-25(18-16-22)41-24-8-5-4-6-9-24/h4-10,15-18,20-21,23H,11-14,19H2,1-3H3,(H2,31,32,33)/b10-7+/t21-,23+. The first-order valence-corrected chi connectivity index (χ1v) is 13.7. The van der Waals surface area contributed by atoms with Gasteiger partial charge in [0.15, 0.2) is 11.5 Å². The van der Waals surface area contributed by atoms with Gasteiger partial charge in [-0.15, -0.1) is 0 Å². The van der Waals surface area contributed by atoms with E-state index < -0.39 is 4.65 Å². The van der Waals surface area contributed by atoms with Crippen LogP contribution in [0.1, 0.15) is 31.7 Å². The first-order valence-electron chi connectivity index (χ1n) is 13.7. The molecule has 0 unspecified atom stereocenters. The van der Waals surface area contributed by atoms with Crippen molar-refractivity contribution in [2.75, 3.05) is 33.4 Å². The van der Waals surface area contributed by atoms with E-state index in [2.05, 4.69) is 9.97 Å². The number of benzene rings is 2. The Morgan fingerprint density at radius 3 is 2.39 bits per heavy atom. The zero-order chi connectivity index (χ0) is 29.1. The highest BCUT2D eigenvalue weighted by Gasteiger charge is 2.30. The van der Waals surface area contributed by atoms with Gasteiger partial charge in [-0.2, -0.15) is 0 Å². The van der Waals surface area contributed by atoms with Gasteiger partial charge in [-0.05, 0) is 68.2 Å². The predicted molar refractivity (Wildman–Crippen MR) is 158 cm³/mol. The molecular formula is C30H35N7O4. The largest absolute Gasteiger partial charge is 0.633 e. The zero-order valence-electron chi connectivity index (χ0n) is 23.5. The predicted octanol–water partition coefficient (Wildman–Crippen LogP) is 4.03. The molecule has 41 heavy (non-hydrogen) atoms. The zero-order valence-corrected chi connectivity index (χ0v) is 23.5. The Hall–Kier alpha value is -4.48. The molecule has 0 bridgehead atoms. The quantitative estimate of drug-likeness (QED) is 0.197. The summed E-state index contributed by atoms with van der Waals surface area (Å²) >= 11 is 0. The second kappa shape index (κ2) is 11.6. The maximum atomic E-state index is 13.9. The van der Waals surface area contributed by atoms with Crippen LogP contribution in [0.3, 0.4) is 0 Å². The third-order valence-electron chi connectivity index (χ3n) is 7.49. The number of imidazole rings is 1. The molecule has 0 radical (unpaired) electrons. The Balaban J connectivity index is 1.36. The van der Waals surface area contributed by atoms with Crippen LogP contribution in [0.15, 0.2) is 77.9 Å². The van der Waals surface area contributed by atoms with Gasteiger partial charge >= 0.3 is 5.69 Å². The molecule has 0 atom stereocenters. The molecule has 0 spiro atoms. The van der Waals surface area contributed by atoms with E-state index >= 15 is 0 Å². The molecule has 214 valence electrons. The second-order valence-electron chi connectivity index (χ2n) is 10.9. The lowest BCUT2D eigenvalue weighted by Gasteiger charge is -2.35. The number of anilines is 1. The molecule has 1 fully saturated rings. The highest BCUT2D eigenvalue weighted by Crippen LogP contribution is 2.33. The summed E-state index contributed by atoms with van der Waals surface area (Å²) in [5.74, 6) is 1.46. The number of carbonyl (C=O) groups is 1. The third kappa shape index (κ3) is 6.16. The Kier molecular flexibility index (Phi) is 7.91. The van der Waals surface area contributed by atoms with E-state index in [9.17, 15) is 14.8 Å². The molecule has 0 saturated heterocycles. The number of aromatic nitrogens is 4. The summed E-state index contributed by atoms with van der Waals surface area (Å²) in [5, 5.41) is 11.8. The fraction of sp³-hybridized carbons (Fsp3) is 0.333. The van der Waals surface area contributed by atoms with Crippen LogP contribution in [-0.4, -0.2) is 68.3 Å². The summed E-state index contributed by atoms with van der Waals surface area (Å²) in [6.45, 7) is 0.229. The molecule has 1 aliphatic carbocycles. The molecule has 4 aromatic rings. The molecule has 1 saturated carbocycles. The molecule has 11 heteroatoms. The highest BCUT2D eigenvalue weighted by molar-refractivity contribution is 5.87. The fourth-order valence-corrected chi connectivity index (χ4v) is 5.33. The summed E-state index contributed by atoms with van der Waals surface area (Å²) < 4.78 is 8.69. The third-order valence-corrected chi connectivity index (χ3v) is 7.49. The lowest BCUT2D eigenvalue weighted by Crippen LogP contribution is -2.40. The van der Waals surface area contributed by atoms with Crippen molar-refractivity contribution < 1.29 is 14.2 Å². The number of ether oxygens (including phenoxy) is 1. The van der Waals surface area contributed by atoms with Crippen LogP contribution >= 0.6 is 0 Å². The van der Waals surface area contributed by atoms with E-state index in [0.717, 1.165) is 18.6 Å². The number of nitrogens with two attached hydrogens (primary N) is 1. The topological polar surface area (TPSA) is 131 Å². The first kappa shape index (κ1) is 28.1. The molecule has 1 amide bonds. The van der Waals surface area contributed by atoms with Gasteiger partial charge in [0, 0.05) is 25.2 Å². The van der Waals surface area contributed by atoms with Crippen LogP contribution in [0, 0.1) is 5.21 Å². The van der Waals surface area contributed by atoms with Crippen molar-refractivity contribution in [2.24, 2.45) is 0 Å². The summed E-state index contributed by atoms with van der Waals surface area (Å²) in [7, 11) is 4.85. The van der Waals surface area contributed by atoms with Gasteiger partial charge in [0.25, 0.3) is 0 Å². The molecule has 2 aromatic heterocycles. The van der Waals surface area contributed by atoms with Crippen molar-refractivity contribution in [3.63, 3.8) is 0 Å². The molecule has 2 heterocycles. The van der Waals surface area contributed by atoms with Crippen molar-refractivity contribution in [1.29, 1.82) is 0 Å². The lowest BCUT2D eigenvalue weighted by atomic mass is 9.90. The van der Waals surface area contributed by atoms with E-state index in [1.165, 1.54) is 26.5 Å². The average molecular weight is 558 g/mol. The summed E-state index contributed by atoms with van der Waals surface area (Å²) in [6, 6.07) is 16.7. The van der Waals surface area contributed by atoms with Gasteiger partial charge in [0.1, 0.15) is 23.3 Å². The number of quaternary nitrogens is 1. The second-order valence-corrected chi connectivity index (χ2v) is 10.9. The van der Waals surface area contributed by atoms with Crippen LogP contribution in [0.2, 0.25) is 0 Å². The van der Waals surface area contributed by atoms with Crippen molar-refractivity contribution in [1.82, 2.24) is 24.0 Å². The van der Waals surface area contributed by atoms with E-state index in [4.69, 9.17) is 10.5 Å². The number of nitrogen functional groups attached to an aromatic ring is 1. The number of rotatable bonds is 8. The smallest absolute Gasteiger partial charge is 0.335 e. The molecule has 5 rings (SSSR count). The van der Waals surface area contributed by atoms with Crippen LogP contribution in [0.4, 0.5) is 5.82 Å². The molecule has 2 N–H and O–H groups in total. The minimum absolute atomic E-state index is 0.0408.